The molecular weight excluding hydrogens is 336 g/mol. The fourth-order valence-electron chi connectivity index (χ4n) is 3.01. The molecule has 1 N–H and O–H groups in total. The average molecular weight is 354 g/mol. The van der Waals surface area contributed by atoms with Crippen LogP contribution in [0.5, 0.6) is 5.75 Å². The predicted octanol–water partition coefficient (Wildman–Crippen LogP) is 3.14. The molecule has 1 aromatic carbocycles. The zero-order valence-electron chi connectivity index (χ0n) is 14.0. The molecule has 25 heavy (non-hydrogen) atoms. The van der Waals surface area contributed by atoms with Crippen LogP contribution >= 0.6 is 11.3 Å². The summed E-state index contributed by atoms with van der Waals surface area (Å²) in [4.78, 5) is 16.5. The minimum atomic E-state index is -0.126. The first-order valence-electron chi connectivity index (χ1n) is 8.15. The van der Waals surface area contributed by atoms with Gasteiger partial charge in [-0.1, -0.05) is 0 Å². The highest BCUT2D eigenvalue weighted by Crippen LogP contribution is 2.30. The number of aromatic nitrogens is 3. The summed E-state index contributed by atoms with van der Waals surface area (Å²) in [7, 11) is 0. The highest BCUT2D eigenvalue weighted by Gasteiger charge is 2.33. The predicted molar refractivity (Wildman–Crippen MR) is 95.4 cm³/mol. The van der Waals surface area contributed by atoms with Gasteiger partial charge in [0.05, 0.1) is 46.5 Å². The van der Waals surface area contributed by atoms with Crippen LogP contribution in [0.3, 0.4) is 0 Å². The average Bonchev–Trinajstić information content (AvgIpc) is 3.28. The number of amides is 1. The monoisotopic (exact) mass is 354 g/mol. The maximum Gasteiger partial charge on any atom is 0.255 e. The van der Waals surface area contributed by atoms with E-state index in [1.807, 2.05) is 48.2 Å². The molecule has 6 nitrogen and oxygen atoms in total. The summed E-state index contributed by atoms with van der Waals surface area (Å²) in [5.74, 6) is 0.733. The van der Waals surface area contributed by atoms with E-state index in [2.05, 4.69) is 15.4 Å². The summed E-state index contributed by atoms with van der Waals surface area (Å²) in [6.07, 6.45) is 2.41. The fraction of sp³-hybridized carbons (Fsp3) is 0.278. The zero-order chi connectivity index (χ0) is 17.4. The molecule has 7 heteroatoms. The molecule has 3 heterocycles. The van der Waals surface area contributed by atoms with Crippen molar-refractivity contribution in [2.75, 3.05) is 0 Å². The first-order valence-corrected chi connectivity index (χ1v) is 9.09. The van der Waals surface area contributed by atoms with Gasteiger partial charge in [0, 0.05) is 11.8 Å². The van der Waals surface area contributed by atoms with Crippen molar-refractivity contribution in [3.8, 4) is 11.4 Å². The second kappa shape index (κ2) is 6.33. The smallest absolute Gasteiger partial charge is 0.255 e. The molecule has 0 bridgehead atoms. The number of benzene rings is 1. The Hall–Kier alpha value is -2.67. The molecule has 0 fully saturated rings. The van der Waals surface area contributed by atoms with Crippen LogP contribution in [-0.4, -0.2) is 26.8 Å². The molecule has 4 rings (SSSR count). The van der Waals surface area contributed by atoms with Crippen LogP contribution in [0.15, 0.2) is 41.4 Å². The van der Waals surface area contributed by atoms with Gasteiger partial charge in [-0.05, 0) is 38.1 Å². The van der Waals surface area contributed by atoms with Crippen LogP contribution in [0, 0.1) is 0 Å². The van der Waals surface area contributed by atoms with Crippen molar-refractivity contribution in [3.63, 3.8) is 0 Å². The normalized spacial score (nSPS) is 16.1. The zero-order valence-corrected chi connectivity index (χ0v) is 14.8. The maximum absolute atomic E-state index is 12.2. The lowest BCUT2D eigenvalue weighted by atomic mass is 10.1. The van der Waals surface area contributed by atoms with Crippen LogP contribution in [-0.2, 0) is 6.42 Å². The minimum Gasteiger partial charge on any atom is -0.491 e. The number of rotatable bonds is 5. The number of nitrogens with zero attached hydrogens (tertiary/aromatic N) is 3. The Morgan fingerprint density at radius 2 is 2.12 bits per heavy atom. The number of carbonyl (C=O) groups is 1. The molecule has 0 saturated heterocycles. The second-order valence-electron chi connectivity index (χ2n) is 6.23. The SMILES string of the molecule is CC(C)Oc1ccc(-n2ncc3c2C(Cc2cscn2)NC3=O)cc1. The molecule has 1 aliphatic heterocycles. The first-order chi connectivity index (χ1) is 12.1. The van der Waals surface area contributed by atoms with Gasteiger partial charge < -0.3 is 10.1 Å². The van der Waals surface area contributed by atoms with Crippen molar-refractivity contribution in [2.45, 2.75) is 32.4 Å². The molecule has 3 aromatic rings. The maximum atomic E-state index is 12.2. The first kappa shape index (κ1) is 15.8. The van der Waals surface area contributed by atoms with Crippen molar-refractivity contribution in [1.29, 1.82) is 0 Å². The summed E-state index contributed by atoms with van der Waals surface area (Å²) < 4.78 is 7.51. The van der Waals surface area contributed by atoms with Gasteiger partial charge in [0.25, 0.3) is 5.91 Å². The Balaban J connectivity index is 1.66. The highest BCUT2D eigenvalue weighted by molar-refractivity contribution is 7.07. The standard InChI is InChI=1S/C18H18N4O2S/c1-11(2)24-14-5-3-13(4-6-14)22-17-15(8-20-22)18(23)21-16(17)7-12-9-25-10-19-12/h3-6,8-11,16H,7H2,1-2H3,(H,21,23). The number of hydrogen-bond acceptors (Lipinski definition) is 5. The molecular formula is C18H18N4O2S. The summed E-state index contributed by atoms with van der Waals surface area (Å²) >= 11 is 1.55. The molecule has 128 valence electrons. The number of hydrogen-bond donors (Lipinski definition) is 1. The van der Waals surface area contributed by atoms with E-state index in [9.17, 15) is 4.79 Å². The van der Waals surface area contributed by atoms with E-state index in [1.165, 1.54) is 0 Å². The van der Waals surface area contributed by atoms with E-state index in [-0.39, 0.29) is 18.1 Å². The van der Waals surface area contributed by atoms with Gasteiger partial charge >= 0.3 is 0 Å². The molecule has 0 saturated carbocycles. The Labute approximate surface area is 149 Å². The van der Waals surface area contributed by atoms with Gasteiger partial charge in [-0.2, -0.15) is 5.10 Å². The van der Waals surface area contributed by atoms with E-state index >= 15 is 0 Å². The number of fused-ring (bicyclic) bond motifs is 1. The van der Waals surface area contributed by atoms with E-state index in [4.69, 9.17) is 4.74 Å². The molecule has 1 aliphatic rings. The summed E-state index contributed by atoms with van der Waals surface area (Å²) in [5, 5.41) is 9.45. The molecule has 1 amide bonds. The largest absolute Gasteiger partial charge is 0.491 e. The summed E-state index contributed by atoms with van der Waals surface area (Å²) in [5.41, 5.74) is 5.18. The van der Waals surface area contributed by atoms with Crippen molar-refractivity contribution in [3.05, 3.63) is 58.3 Å². The Morgan fingerprint density at radius 3 is 2.80 bits per heavy atom. The molecule has 0 radical (unpaired) electrons. The molecule has 2 aromatic heterocycles. The highest BCUT2D eigenvalue weighted by atomic mass is 32.1. The summed E-state index contributed by atoms with van der Waals surface area (Å²) in [6, 6.07) is 7.62. The van der Waals surface area contributed by atoms with E-state index < -0.39 is 0 Å². The second-order valence-corrected chi connectivity index (χ2v) is 6.94. The molecule has 0 spiro atoms. The van der Waals surface area contributed by atoms with Gasteiger partial charge in [0.15, 0.2) is 0 Å². The van der Waals surface area contributed by atoms with Crippen molar-refractivity contribution >= 4 is 17.2 Å². The van der Waals surface area contributed by atoms with Crippen LogP contribution in [0.25, 0.3) is 5.69 Å². The lowest BCUT2D eigenvalue weighted by Gasteiger charge is -2.14. The van der Waals surface area contributed by atoms with Crippen LogP contribution < -0.4 is 10.1 Å². The Morgan fingerprint density at radius 1 is 1.32 bits per heavy atom. The van der Waals surface area contributed by atoms with Crippen LogP contribution in [0.2, 0.25) is 0 Å². The fourth-order valence-corrected chi connectivity index (χ4v) is 3.58. The number of carbonyl (C=O) groups excluding carboxylic acids is 1. The van der Waals surface area contributed by atoms with E-state index in [0.717, 1.165) is 22.8 Å². The van der Waals surface area contributed by atoms with Crippen molar-refractivity contribution in [2.24, 2.45) is 0 Å². The number of thiazole rings is 1. The lowest BCUT2D eigenvalue weighted by Crippen LogP contribution is -2.23. The van der Waals surface area contributed by atoms with Crippen molar-refractivity contribution in [1.82, 2.24) is 20.1 Å². The molecule has 0 aliphatic carbocycles. The van der Waals surface area contributed by atoms with E-state index in [0.29, 0.717) is 12.0 Å². The van der Waals surface area contributed by atoms with Gasteiger partial charge in [-0.15, -0.1) is 11.3 Å². The molecule has 1 unspecified atom stereocenters. The third-order valence-corrected chi connectivity index (χ3v) is 4.67. The molecule has 1 atom stereocenters. The van der Waals surface area contributed by atoms with Gasteiger partial charge in [-0.3, -0.25) is 4.79 Å². The van der Waals surface area contributed by atoms with Gasteiger partial charge in [0.1, 0.15) is 5.75 Å². The van der Waals surface area contributed by atoms with E-state index in [1.54, 1.807) is 23.0 Å². The Bertz CT molecular complexity index is 884. The van der Waals surface area contributed by atoms with Gasteiger partial charge in [-0.25, -0.2) is 9.67 Å². The lowest BCUT2D eigenvalue weighted by molar-refractivity contribution is 0.0955. The topological polar surface area (TPSA) is 69.0 Å². The third-order valence-electron chi connectivity index (χ3n) is 4.04. The number of ether oxygens (including phenoxy) is 1. The third kappa shape index (κ3) is 3.02. The summed E-state index contributed by atoms with van der Waals surface area (Å²) in [6.45, 7) is 3.99. The number of nitrogens with one attached hydrogen (secondary N) is 1. The van der Waals surface area contributed by atoms with Crippen molar-refractivity contribution < 1.29 is 9.53 Å². The van der Waals surface area contributed by atoms with Crippen LogP contribution in [0.1, 0.15) is 41.6 Å². The quantitative estimate of drug-likeness (QED) is 0.764. The van der Waals surface area contributed by atoms with Crippen LogP contribution in [0.4, 0.5) is 0 Å². The Kier molecular flexibility index (Phi) is 4.01. The minimum absolute atomic E-state index is 0.0822. The van der Waals surface area contributed by atoms with Gasteiger partial charge in [0.2, 0.25) is 0 Å².